The van der Waals surface area contributed by atoms with E-state index in [1.807, 2.05) is 60.7 Å². The Bertz CT molecular complexity index is 767. The highest BCUT2D eigenvalue weighted by Gasteiger charge is 2.71. The van der Waals surface area contributed by atoms with Crippen molar-refractivity contribution in [3.05, 3.63) is 71.8 Å². The number of hydrogen-bond acceptors (Lipinski definition) is 3. The van der Waals surface area contributed by atoms with Crippen LogP contribution in [0, 0.1) is 0 Å². The SMILES string of the molecule is CNC(=O)C1(NC(=O)OC(C)(C)C)[C@@H](c2ccccc2)[C@@H]1c1ccccc1. The number of amides is 2. The van der Waals surface area contributed by atoms with Crippen molar-refractivity contribution < 1.29 is 14.3 Å². The molecule has 0 spiro atoms. The highest BCUT2D eigenvalue weighted by Crippen LogP contribution is 2.63. The number of carbonyl (C=O) groups excluding carboxylic acids is 2. The van der Waals surface area contributed by atoms with Crippen LogP contribution in [0.4, 0.5) is 4.79 Å². The molecule has 3 rings (SSSR count). The molecule has 2 aromatic carbocycles. The first-order chi connectivity index (χ1) is 12.8. The fourth-order valence-electron chi connectivity index (χ4n) is 3.79. The largest absolute Gasteiger partial charge is 0.444 e. The van der Waals surface area contributed by atoms with Gasteiger partial charge in [0.15, 0.2) is 0 Å². The summed E-state index contributed by atoms with van der Waals surface area (Å²) in [5.74, 6) is -0.571. The van der Waals surface area contributed by atoms with Crippen LogP contribution in [0.1, 0.15) is 43.7 Å². The van der Waals surface area contributed by atoms with E-state index in [2.05, 4.69) is 10.6 Å². The van der Waals surface area contributed by atoms with Crippen molar-refractivity contribution in [2.75, 3.05) is 7.05 Å². The van der Waals surface area contributed by atoms with Gasteiger partial charge in [-0.25, -0.2) is 4.79 Å². The third kappa shape index (κ3) is 3.68. The van der Waals surface area contributed by atoms with Crippen molar-refractivity contribution in [3.63, 3.8) is 0 Å². The number of nitrogens with one attached hydrogen (secondary N) is 2. The van der Waals surface area contributed by atoms with Gasteiger partial charge < -0.3 is 15.4 Å². The summed E-state index contributed by atoms with van der Waals surface area (Å²) >= 11 is 0. The van der Waals surface area contributed by atoms with Crippen LogP contribution in [0.3, 0.4) is 0 Å². The Kier molecular flexibility index (Phi) is 4.96. The van der Waals surface area contributed by atoms with Crippen LogP contribution in [0.15, 0.2) is 60.7 Å². The lowest BCUT2D eigenvalue weighted by molar-refractivity contribution is -0.124. The predicted octanol–water partition coefficient (Wildman–Crippen LogP) is 3.58. The Morgan fingerprint density at radius 3 is 1.70 bits per heavy atom. The second-order valence-electron chi connectivity index (χ2n) is 7.85. The van der Waals surface area contributed by atoms with Crippen LogP contribution in [-0.4, -0.2) is 30.2 Å². The van der Waals surface area contributed by atoms with Crippen LogP contribution in [0.25, 0.3) is 0 Å². The lowest BCUT2D eigenvalue weighted by atomic mass is 10.0. The molecule has 2 atom stereocenters. The number of hydrogen-bond donors (Lipinski definition) is 2. The first-order valence-electron chi connectivity index (χ1n) is 9.13. The summed E-state index contributed by atoms with van der Waals surface area (Å²) < 4.78 is 5.45. The number of rotatable bonds is 4. The zero-order valence-corrected chi connectivity index (χ0v) is 16.2. The van der Waals surface area contributed by atoms with Crippen LogP contribution >= 0.6 is 0 Å². The number of carbonyl (C=O) groups is 2. The molecule has 1 saturated carbocycles. The zero-order valence-electron chi connectivity index (χ0n) is 16.2. The average molecular weight is 366 g/mol. The molecule has 1 aliphatic rings. The van der Waals surface area contributed by atoms with Crippen LogP contribution < -0.4 is 10.6 Å². The summed E-state index contributed by atoms with van der Waals surface area (Å²) in [7, 11) is 1.59. The van der Waals surface area contributed by atoms with Crippen LogP contribution in [-0.2, 0) is 9.53 Å². The topological polar surface area (TPSA) is 67.4 Å². The molecule has 5 heteroatoms. The third-order valence-electron chi connectivity index (χ3n) is 4.83. The lowest BCUT2D eigenvalue weighted by Gasteiger charge is -2.24. The molecule has 2 amide bonds. The maximum absolute atomic E-state index is 13.0. The van der Waals surface area contributed by atoms with E-state index in [0.717, 1.165) is 11.1 Å². The van der Waals surface area contributed by atoms with Gasteiger partial charge in [0.25, 0.3) is 0 Å². The number of likely N-dealkylation sites (N-methyl/N-ethyl adjacent to an activating group) is 1. The van der Waals surface area contributed by atoms with Gasteiger partial charge >= 0.3 is 6.09 Å². The molecule has 2 N–H and O–H groups in total. The molecule has 0 unspecified atom stereocenters. The van der Waals surface area contributed by atoms with E-state index < -0.39 is 17.2 Å². The molecule has 1 fully saturated rings. The lowest BCUT2D eigenvalue weighted by Crippen LogP contribution is -2.51. The van der Waals surface area contributed by atoms with Gasteiger partial charge in [-0.2, -0.15) is 0 Å². The first-order valence-corrected chi connectivity index (χ1v) is 9.13. The minimum Gasteiger partial charge on any atom is -0.444 e. The number of benzene rings is 2. The summed E-state index contributed by atoms with van der Waals surface area (Å²) in [6, 6.07) is 19.6. The maximum Gasteiger partial charge on any atom is 0.408 e. The smallest absolute Gasteiger partial charge is 0.408 e. The fourth-order valence-corrected chi connectivity index (χ4v) is 3.79. The minimum absolute atomic E-state index is 0.173. The van der Waals surface area contributed by atoms with Crippen LogP contribution in [0.5, 0.6) is 0 Å². The molecule has 2 aromatic rings. The summed E-state index contributed by atoms with van der Waals surface area (Å²) in [5.41, 5.74) is 0.282. The van der Waals surface area contributed by atoms with E-state index in [0.29, 0.717) is 0 Å². The summed E-state index contributed by atoms with van der Waals surface area (Å²) in [5, 5.41) is 5.62. The predicted molar refractivity (Wildman–Crippen MR) is 105 cm³/mol. The Labute approximate surface area is 160 Å². The summed E-state index contributed by atoms with van der Waals surface area (Å²) in [6.07, 6.45) is -0.592. The van der Waals surface area contributed by atoms with Crippen molar-refractivity contribution in [3.8, 4) is 0 Å². The molecule has 0 aliphatic heterocycles. The first kappa shape index (κ1) is 19.0. The monoisotopic (exact) mass is 366 g/mol. The zero-order chi connectivity index (χ0) is 19.7. The average Bonchev–Trinajstić information content (AvgIpc) is 3.30. The van der Waals surface area contributed by atoms with E-state index in [4.69, 9.17) is 4.74 Å². The van der Waals surface area contributed by atoms with Crippen molar-refractivity contribution in [1.82, 2.24) is 10.6 Å². The Balaban J connectivity index is 2.03. The highest BCUT2D eigenvalue weighted by atomic mass is 16.6. The van der Waals surface area contributed by atoms with Gasteiger partial charge in [-0.05, 0) is 31.9 Å². The second kappa shape index (κ2) is 7.06. The Morgan fingerprint density at radius 1 is 0.889 bits per heavy atom. The van der Waals surface area contributed by atoms with E-state index in [1.165, 1.54) is 0 Å². The van der Waals surface area contributed by atoms with Crippen LogP contribution in [0.2, 0.25) is 0 Å². The summed E-state index contributed by atoms with van der Waals surface area (Å²) in [4.78, 5) is 25.6. The van der Waals surface area contributed by atoms with Gasteiger partial charge in [0, 0.05) is 18.9 Å². The molecular formula is C22H26N2O3. The highest BCUT2D eigenvalue weighted by molar-refractivity contribution is 5.97. The molecule has 142 valence electrons. The van der Waals surface area contributed by atoms with Gasteiger partial charge in [0.1, 0.15) is 11.1 Å². The normalized spacial score (nSPS) is 24.0. The van der Waals surface area contributed by atoms with Gasteiger partial charge in [0.2, 0.25) is 5.91 Å². The standard InChI is InChI=1S/C22H26N2O3/c1-21(2,3)27-20(26)24-22(19(25)23-4)17(15-11-7-5-8-12-15)18(22)16-13-9-6-10-14-16/h5-14,17-18H,1-4H3,(H,23,25)(H,24,26)/t17-,18-/m0/s1. The third-order valence-corrected chi connectivity index (χ3v) is 4.83. The van der Waals surface area contributed by atoms with E-state index >= 15 is 0 Å². The Hall–Kier alpha value is -2.82. The molecule has 0 aromatic heterocycles. The van der Waals surface area contributed by atoms with Gasteiger partial charge in [-0.15, -0.1) is 0 Å². The summed E-state index contributed by atoms with van der Waals surface area (Å²) in [6.45, 7) is 5.40. The molecular weight excluding hydrogens is 340 g/mol. The molecule has 27 heavy (non-hydrogen) atoms. The van der Waals surface area contributed by atoms with E-state index in [9.17, 15) is 9.59 Å². The van der Waals surface area contributed by atoms with Gasteiger partial charge in [-0.3, -0.25) is 4.79 Å². The molecule has 1 aliphatic carbocycles. The van der Waals surface area contributed by atoms with E-state index in [-0.39, 0.29) is 17.7 Å². The minimum atomic E-state index is -1.08. The number of alkyl carbamates (subject to hydrolysis) is 1. The van der Waals surface area contributed by atoms with Crippen molar-refractivity contribution in [2.24, 2.45) is 0 Å². The van der Waals surface area contributed by atoms with E-state index in [1.54, 1.807) is 27.8 Å². The molecule has 0 bridgehead atoms. The van der Waals surface area contributed by atoms with Crippen molar-refractivity contribution >= 4 is 12.0 Å². The molecule has 0 saturated heterocycles. The Morgan fingerprint density at radius 2 is 1.33 bits per heavy atom. The van der Waals surface area contributed by atoms with Crippen molar-refractivity contribution in [1.29, 1.82) is 0 Å². The number of ether oxygens (including phenoxy) is 1. The molecule has 0 radical (unpaired) electrons. The molecule has 0 heterocycles. The maximum atomic E-state index is 13.0. The van der Waals surface area contributed by atoms with Gasteiger partial charge in [-0.1, -0.05) is 60.7 Å². The molecule has 5 nitrogen and oxygen atoms in total. The quantitative estimate of drug-likeness (QED) is 0.869. The fraction of sp³-hybridized carbons (Fsp3) is 0.364. The second-order valence-corrected chi connectivity index (χ2v) is 7.85. The van der Waals surface area contributed by atoms with Gasteiger partial charge in [0.05, 0.1) is 0 Å². The van der Waals surface area contributed by atoms with Crippen molar-refractivity contribution in [2.45, 2.75) is 43.7 Å².